The lowest BCUT2D eigenvalue weighted by molar-refractivity contribution is 0.0862. The van der Waals surface area contributed by atoms with Gasteiger partial charge in [0, 0.05) is 21.6 Å². The van der Waals surface area contributed by atoms with Crippen molar-refractivity contribution in [3.05, 3.63) is 69.5 Å². The van der Waals surface area contributed by atoms with Crippen LogP contribution in [-0.4, -0.2) is 33.6 Å². The molecule has 0 aromatic carbocycles. The van der Waals surface area contributed by atoms with E-state index in [9.17, 15) is 15.3 Å². The van der Waals surface area contributed by atoms with Gasteiger partial charge < -0.3 is 15.3 Å². The van der Waals surface area contributed by atoms with Crippen molar-refractivity contribution in [3.8, 4) is 0 Å². The van der Waals surface area contributed by atoms with E-state index in [1.165, 1.54) is 66.7 Å². The van der Waals surface area contributed by atoms with Crippen LogP contribution >= 0.6 is 11.3 Å². The van der Waals surface area contributed by atoms with Crippen molar-refractivity contribution < 1.29 is 15.3 Å². The van der Waals surface area contributed by atoms with Gasteiger partial charge >= 0.3 is 0 Å². The molecule has 0 spiro atoms. The number of unbranched alkanes of at least 4 members (excludes halogenated alkanes) is 2. The third-order valence-corrected chi connectivity index (χ3v) is 12.4. The monoisotopic (exact) mass is 564 g/mol. The van der Waals surface area contributed by atoms with Crippen LogP contribution in [0.4, 0.5) is 0 Å². The summed E-state index contributed by atoms with van der Waals surface area (Å²) in [6.45, 7) is 11.2. The number of hydrogen-bond donors (Lipinski definition) is 3. The first-order valence-electron chi connectivity index (χ1n) is 16.1. The average molecular weight is 565 g/mol. The molecule has 1 heterocycles. The number of fused-ring (bicyclic) bond motifs is 1. The highest BCUT2D eigenvalue weighted by Gasteiger charge is 2.52. The van der Waals surface area contributed by atoms with Gasteiger partial charge in [-0.2, -0.15) is 0 Å². The molecular weight excluding hydrogens is 512 g/mol. The second kappa shape index (κ2) is 12.4. The molecule has 3 N–H and O–H groups in total. The van der Waals surface area contributed by atoms with Crippen LogP contribution in [0.3, 0.4) is 0 Å². The molecule has 0 amide bonds. The molecule has 4 saturated carbocycles. The Hall–Kier alpha value is -1.46. The summed E-state index contributed by atoms with van der Waals surface area (Å²) < 4.78 is 0. The van der Waals surface area contributed by atoms with Crippen LogP contribution in [0, 0.1) is 23.2 Å². The van der Waals surface area contributed by atoms with Gasteiger partial charge in [-0.05, 0) is 111 Å². The first-order valence-corrected chi connectivity index (χ1v) is 16.9. The number of rotatable bonds is 10. The van der Waals surface area contributed by atoms with Crippen LogP contribution in [0.15, 0.2) is 59.7 Å². The molecule has 1 aromatic rings. The first kappa shape index (κ1) is 30.0. The molecule has 3 nitrogen and oxygen atoms in total. The summed E-state index contributed by atoms with van der Waals surface area (Å²) in [5.74, 6) is 1.64. The second-order valence-corrected chi connectivity index (χ2v) is 14.9. The Balaban J connectivity index is 1.24. The van der Waals surface area contributed by atoms with Gasteiger partial charge in [0.2, 0.25) is 0 Å². The summed E-state index contributed by atoms with van der Waals surface area (Å²) in [5, 5.41) is 31.8. The van der Waals surface area contributed by atoms with E-state index < -0.39 is 18.3 Å². The van der Waals surface area contributed by atoms with Crippen LogP contribution in [0.1, 0.15) is 108 Å². The summed E-state index contributed by atoms with van der Waals surface area (Å²) in [6.07, 6.45) is 21.6. The van der Waals surface area contributed by atoms with Crippen molar-refractivity contribution >= 4 is 11.3 Å². The Morgan fingerprint density at radius 3 is 2.65 bits per heavy atom. The van der Waals surface area contributed by atoms with Gasteiger partial charge in [0.05, 0.1) is 18.3 Å². The van der Waals surface area contributed by atoms with Crippen molar-refractivity contribution in [3.63, 3.8) is 0 Å². The van der Waals surface area contributed by atoms with Crippen LogP contribution in [-0.2, 0) is 11.8 Å². The summed E-state index contributed by atoms with van der Waals surface area (Å²) in [7, 11) is 0. The molecule has 7 atom stereocenters. The molecule has 220 valence electrons. The molecule has 0 saturated heterocycles. The number of aryl methyl sites for hydroxylation is 1. The number of allylic oxidation sites excluding steroid dienone is 4. The van der Waals surface area contributed by atoms with Crippen molar-refractivity contribution in [1.29, 1.82) is 0 Å². The summed E-state index contributed by atoms with van der Waals surface area (Å²) in [5.41, 5.74) is 3.53. The molecule has 40 heavy (non-hydrogen) atoms. The Bertz CT molecular complexity index is 1140. The zero-order chi connectivity index (χ0) is 28.5. The van der Waals surface area contributed by atoms with Crippen LogP contribution in [0.5, 0.6) is 0 Å². The van der Waals surface area contributed by atoms with E-state index in [4.69, 9.17) is 0 Å². The zero-order valence-corrected chi connectivity index (χ0v) is 25.9. The topological polar surface area (TPSA) is 60.7 Å². The van der Waals surface area contributed by atoms with Gasteiger partial charge in [-0.3, -0.25) is 0 Å². The Morgan fingerprint density at radius 1 is 1.10 bits per heavy atom. The van der Waals surface area contributed by atoms with E-state index in [0.29, 0.717) is 30.6 Å². The third-order valence-electron chi connectivity index (χ3n) is 11.1. The molecule has 0 bridgehead atoms. The van der Waals surface area contributed by atoms with Gasteiger partial charge in [0.25, 0.3) is 0 Å². The maximum Gasteiger partial charge on any atom is 0.0825 e. The predicted octanol–water partition coefficient (Wildman–Crippen LogP) is 8.21. The highest BCUT2D eigenvalue weighted by Crippen LogP contribution is 2.60. The van der Waals surface area contributed by atoms with E-state index in [-0.39, 0.29) is 10.8 Å². The molecule has 4 aliphatic rings. The molecule has 4 heteroatoms. The van der Waals surface area contributed by atoms with Gasteiger partial charge in [0.15, 0.2) is 0 Å². The van der Waals surface area contributed by atoms with Crippen molar-refractivity contribution in [1.82, 2.24) is 0 Å². The number of aliphatic hydroxyl groups is 3. The molecule has 0 radical (unpaired) electrons. The summed E-state index contributed by atoms with van der Waals surface area (Å²) in [6, 6.07) is 4.59. The highest BCUT2D eigenvalue weighted by atomic mass is 32.1. The van der Waals surface area contributed by atoms with Crippen molar-refractivity contribution in [2.24, 2.45) is 23.2 Å². The minimum atomic E-state index is -0.633. The quantitative estimate of drug-likeness (QED) is 0.198. The molecule has 0 aliphatic heterocycles. The largest absolute Gasteiger partial charge is 0.393 e. The number of hydrogen-bond acceptors (Lipinski definition) is 4. The summed E-state index contributed by atoms with van der Waals surface area (Å²) >= 11 is 1.93. The molecular formula is C36H52O3S. The van der Waals surface area contributed by atoms with Gasteiger partial charge in [-0.1, -0.05) is 70.1 Å². The zero-order valence-electron chi connectivity index (χ0n) is 25.1. The second-order valence-electron chi connectivity index (χ2n) is 13.7. The van der Waals surface area contributed by atoms with Gasteiger partial charge in [-0.25, -0.2) is 0 Å². The SMILES string of the molecule is C=C1C(=CC=C2CCC[C@]3(C)[C@@H]([C@H](C)C=C[C@@H](O)C4(c5ccc(CCCCC)s5)CC4)CC[C@@H]23)C[C@@H](O)C[C@@H]1O. The normalized spacial score (nSPS) is 35.4. The molecule has 4 fully saturated rings. The number of thiophene rings is 1. The van der Waals surface area contributed by atoms with Crippen molar-refractivity contribution in [2.45, 2.75) is 128 Å². The molecule has 0 unspecified atom stereocenters. The fraction of sp³-hybridized carbons (Fsp3) is 0.667. The summed E-state index contributed by atoms with van der Waals surface area (Å²) in [4.78, 5) is 2.86. The molecule has 4 aliphatic carbocycles. The van der Waals surface area contributed by atoms with Crippen LogP contribution < -0.4 is 0 Å². The maximum absolute atomic E-state index is 11.4. The Morgan fingerprint density at radius 2 is 1.90 bits per heavy atom. The number of aliphatic hydroxyl groups excluding tert-OH is 3. The van der Waals surface area contributed by atoms with Crippen LogP contribution in [0.25, 0.3) is 0 Å². The minimum Gasteiger partial charge on any atom is -0.393 e. The highest BCUT2D eigenvalue weighted by molar-refractivity contribution is 7.12. The minimum absolute atomic E-state index is 0.0511. The standard InChI is InChI=1S/C36H52O3S/c1-5-6-7-10-29-14-18-34(40-29)36(20-21-36)33(39)17-11-24(2)30-15-16-31-26(9-8-19-35(30,31)4)12-13-27-22-28(37)23-32(38)25(27)3/h11-14,17-18,24,28,30-33,37-39H,3,5-10,15-16,19-23H2,1-2,4H3/t24-,28-,30-,31+,32+,33-,35-/m1/s1. The van der Waals surface area contributed by atoms with Crippen molar-refractivity contribution in [2.75, 3.05) is 0 Å². The van der Waals surface area contributed by atoms with E-state index in [0.717, 1.165) is 30.4 Å². The van der Waals surface area contributed by atoms with Gasteiger partial charge in [0.1, 0.15) is 0 Å². The first-order chi connectivity index (χ1) is 19.2. The Kier molecular flexibility index (Phi) is 9.31. The lowest BCUT2D eigenvalue weighted by Gasteiger charge is -2.44. The smallest absolute Gasteiger partial charge is 0.0825 e. The van der Waals surface area contributed by atoms with E-state index in [2.05, 4.69) is 63.8 Å². The fourth-order valence-electron chi connectivity index (χ4n) is 8.36. The Labute approximate surface area is 246 Å². The van der Waals surface area contributed by atoms with E-state index >= 15 is 0 Å². The van der Waals surface area contributed by atoms with Gasteiger partial charge in [-0.15, -0.1) is 11.3 Å². The maximum atomic E-state index is 11.4. The average Bonchev–Trinajstić information content (AvgIpc) is 3.46. The fourth-order valence-corrected chi connectivity index (χ4v) is 9.69. The predicted molar refractivity (Wildman–Crippen MR) is 167 cm³/mol. The van der Waals surface area contributed by atoms with E-state index in [1.807, 2.05) is 11.3 Å². The van der Waals surface area contributed by atoms with E-state index in [1.54, 1.807) is 0 Å². The van der Waals surface area contributed by atoms with Crippen LogP contribution in [0.2, 0.25) is 0 Å². The molecule has 1 aromatic heterocycles. The lowest BCUT2D eigenvalue weighted by Crippen LogP contribution is -2.35. The lowest BCUT2D eigenvalue weighted by atomic mass is 9.61. The third kappa shape index (κ3) is 6.02. The molecule has 5 rings (SSSR count).